The van der Waals surface area contributed by atoms with Gasteiger partial charge in [0.25, 0.3) is 0 Å². The molecule has 3 rings (SSSR count). The van der Waals surface area contributed by atoms with Crippen molar-refractivity contribution in [3.63, 3.8) is 0 Å². The van der Waals surface area contributed by atoms with Crippen LogP contribution in [-0.4, -0.2) is 29.8 Å². The van der Waals surface area contributed by atoms with E-state index in [1.165, 1.54) is 5.56 Å². The molecule has 1 saturated heterocycles. The molecule has 1 heterocycles. The number of hydrogen-bond acceptors (Lipinski definition) is 2. The second-order valence-corrected chi connectivity index (χ2v) is 7.20. The van der Waals surface area contributed by atoms with Crippen molar-refractivity contribution < 1.29 is 9.59 Å². The maximum Gasteiger partial charge on any atom is 0.313 e. The first-order chi connectivity index (χ1) is 12.5. The highest BCUT2D eigenvalue weighted by atomic mass is 35.5. The number of hydrogen-bond donors (Lipinski definition) is 1. The van der Waals surface area contributed by atoms with Gasteiger partial charge in [-0.2, -0.15) is 0 Å². The molecule has 2 aromatic rings. The van der Waals surface area contributed by atoms with E-state index in [1.807, 2.05) is 13.0 Å². The molecular weight excluding hydrogens is 348 g/mol. The predicted molar refractivity (Wildman–Crippen MR) is 104 cm³/mol. The van der Waals surface area contributed by atoms with E-state index >= 15 is 0 Å². The fourth-order valence-corrected chi connectivity index (χ4v) is 3.52. The smallest absolute Gasteiger partial charge is 0.313 e. The van der Waals surface area contributed by atoms with Gasteiger partial charge in [-0.25, -0.2) is 0 Å². The van der Waals surface area contributed by atoms with E-state index in [9.17, 15) is 9.59 Å². The van der Waals surface area contributed by atoms with E-state index < -0.39 is 11.8 Å². The summed E-state index contributed by atoms with van der Waals surface area (Å²) in [6.45, 7) is 3.06. The van der Waals surface area contributed by atoms with Gasteiger partial charge in [0, 0.05) is 23.8 Å². The van der Waals surface area contributed by atoms with E-state index in [4.69, 9.17) is 11.6 Å². The Morgan fingerprint density at radius 1 is 1.08 bits per heavy atom. The zero-order valence-electron chi connectivity index (χ0n) is 14.9. The van der Waals surface area contributed by atoms with Gasteiger partial charge in [0.05, 0.1) is 0 Å². The molecule has 1 fully saturated rings. The SMILES string of the molecule is Cc1c(Cl)cccc1NC(=O)C(=O)N1CCC(Cc2ccccc2)CC1. The number of likely N-dealkylation sites (tertiary alicyclic amines) is 1. The molecule has 2 aromatic carbocycles. The van der Waals surface area contributed by atoms with Gasteiger partial charge in [-0.3, -0.25) is 9.59 Å². The highest BCUT2D eigenvalue weighted by Crippen LogP contribution is 2.24. The lowest BCUT2D eigenvalue weighted by molar-refractivity contribution is -0.144. The Morgan fingerprint density at radius 3 is 2.46 bits per heavy atom. The van der Waals surface area contributed by atoms with Crippen LogP contribution < -0.4 is 5.32 Å². The maximum absolute atomic E-state index is 12.4. The van der Waals surface area contributed by atoms with Crippen LogP contribution in [0.3, 0.4) is 0 Å². The van der Waals surface area contributed by atoms with Crippen LogP contribution in [0.25, 0.3) is 0 Å². The van der Waals surface area contributed by atoms with Crippen LogP contribution in [0.2, 0.25) is 5.02 Å². The lowest BCUT2D eigenvalue weighted by Gasteiger charge is -2.31. The number of carbonyl (C=O) groups excluding carboxylic acids is 2. The second kappa shape index (κ2) is 8.37. The molecule has 1 aliphatic heterocycles. The third-order valence-electron chi connectivity index (χ3n) is 4.98. The van der Waals surface area contributed by atoms with Crippen LogP contribution in [0.4, 0.5) is 5.69 Å². The standard InChI is InChI=1S/C21H23ClN2O2/c1-15-18(22)8-5-9-19(15)23-20(25)21(26)24-12-10-17(11-13-24)14-16-6-3-2-4-7-16/h2-9,17H,10-14H2,1H3,(H,23,25). The van der Waals surface area contributed by atoms with Crippen molar-refractivity contribution in [2.75, 3.05) is 18.4 Å². The van der Waals surface area contributed by atoms with E-state index in [0.29, 0.717) is 29.7 Å². The molecule has 0 aliphatic carbocycles. The zero-order valence-corrected chi connectivity index (χ0v) is 15.6. The summed E-state index contributed by atoms with van der Waals surface area (Å²) in [7, 11) is 0. The molecule has 136 valence electrons. The van der Waals surface area contributed by atoms with Crippen LogP contribution >= 0.6 is 11.6 Å². The normalized spacial score (nSPS) is 14.9. The number of anilines is 1. The number of rotatable bonds is 3. The van der Waals surface area contributed by atoms with Gasteiger partial charge in [-0.05, 0) is 55.4 Å². The Labute approximate surface area is 159 Å². The summed E-state index contributed by atoms with van der Waals surface area (Å²) in [5.41, 5.74) is 2.66. The van der Waals surface area contributed by atoms with E-state index in [0.717, 1.165) is 24.8 Å². The van der Waals surface area contributed by atoms with Crippen molar-refractivity contribution in [1.29, 1.82) is 0 Å². The molecule has 0 aromatic heterocycles. The van der Waals surface area contributed by atoms with Crippen LogP contribution in [0, 0.1) is 12.8 Å². The van der Waals surface area contributed by atoms with Gasteiger partial charge in [0.15, 0.2) is 0 Å². The third-order valence-corrected chi connectivity index (χ3v) is 5.39. The molecular formula is C21H23ClN2O2. The van der Waals surface area contributed by atoms with Gasteiger partial charge >= 0.3 is 11.8 Å². The largest absolute Gasteiger partial charge is 0.334 e. The average molecular weight is 371 g/mol. The lowest BCUT2D eigenvalue weighted by atomic mass is 9.90. The first kappa shape index (κ1) is 18.5. The van der Waals surface area contributed by atoms with Crippen molar-refractivity contribution in [2.45, 2.75) is 26.2 Å². The molecule has 0 atom stereocenters. The minimum atomic E-state index is -0.600. The van der Waals surface area contributed by atoms with Gasteiger partial charge < -0.3 is 10.2 Å². The zero-order chi connectivity index (χ0) is 18.5. The van der Waals surface area contributed by atoms with Crippen molar-refractivity contribution in [2.24, 2.45) is 5.92 Å². The van der Waals surface area contributed by atoms with Crippen molar-refractivity contribution in [3.8, 4) is 0 Å². The summed E-state index contributed by atoms with van der Waals surface area (Å²) >= 11 is 6.06. The first-order valence-electron chi connectivity index (χ1n) is 8.94. The van der Waals surface area contributed by atoms with Crippen LogP contribution in [0.15, 0.2) is 48.5 Å². The Bertz CT molecular complexity index is 784. The first-order valence-corrected chi connectivity index (χ1v) is 9.31. The highest BCUT2D eigenvalue weighted by Gasteiger charge is 2.27. The molecule has 0 bridgehead atoms. The minimum absolute atomic E-state index is 0.470. The van der Waals surface area contributed by atoms with Crippen LogP contribution in [0.1, 0.15) is 24.0 Å². The van der Waals surface area contributed by atoms with E-state index in [-0.39, 0.29) is 0 Å². The van der Waals surface area contributed by atoms with E-state index in [1.54, 1.807) is 23.1 Å². The van der Waals surface area contributed by atoms with Gasteiger partial charge in [-0.1, -0.05) is 48.0 Å². The Kier molecular flexibility index (Phi) is 5.94. The Hall–Kier alpha value is -2.33. The van der Waals surface area contributed by atoms with Gasteiger partial charge in [0.1, 0.15) is 0 Å². The maximum atomic E-state index is 12.4. The van der Waals surface area contributed by atoms with E-state index in [2.05, 4.69) is 29.6 Å². The molecule has 0 saturated carbocycles. The molecule has 26 heavy (non-hydrogen) atoms. The highest BCUT2D eigenvalue weighted by molar-refractivity contribution is 6.40. The quantitative estimate of drug-likeness (QED) is 0.828. The van der Waals surface area contributed by atoms with Crippen molar-refractivity contribution >= 4 is 29.1 Å². The van der Waals surface area contributed by atoms with Crippen molar-refractivity contribution in [1.82, 2.24) is 4.90 Å². The summed E-state index contributed by atoms with van der Waals surface area (Å²) in [5.74, 6) is -0.515. The molecule has 4 nitrogen and oxygen atoms in total. The molecule has 1 N–H and O–H groups in total. The fourth-order valence-electron chi connectivity index (χ4n) is 3.35. The summed E-state index contributed by atoms with van der Waals surface area (Å²) in [6, 6.07) is 15.7. The molecule has 1 aliphatic rings. The number of benzene rings is 2. The summed E-state index contributed by atoms with van der Waals surface area (Å²) in [6.07, 6.45) is 2.87. The second-order valence-electron chi connectivity index (χ2n) is 6.79. The number of carbonyl (C=O) groups is 2. The lowest BCUT2D eigenvalue weighted by Crippen LogP contribution is -2.44. The van der Waals surface area contributed by atoms with Crippen molar-refractivity contribution in [3.05, 3.63) is 64.7 Å². The summed E-state index contributed by atoms with van der Waals surface area (Å²) < 4.78 is 0. The molecule has 2 amide bonds. The summed E-state index contributed by atoms with van der Waals surface area (Å²) in [5, 5.41) is 3.25. The average Bonchev–Trinajstić information content (AvgIpc) is 2.66. The number of amides is 2. The molecule has 0 radical (unpaired) electrons. The fraction of sp³-hybridized carbons (Fsp3) is 0.333. The molecule has 5 heteroatoms. The minimum Gasteiger partial charge on any atom is -0.334 e. The topological polar surface area (TPSA) is 49.4 Å². The molecule has 0 spiro atoms. The Balaban J connectivity index is 1.53. The summed E-state index contributed by atoms with van der Waals surface area (Å²) in [4.78, 5) is 26.4. The predicted octanol–water partition coefficient (Wildman–Crippen LogP) is 4.07. The monoisotopic (exact) mass is 370 g/mol. The Morgan fingerprint density at radius 2 is 1.77 bits per heavy atom. The third kappa shape index (κ3) is 4.44. The number of halogens is 1. The number of nitrogens with zero attached hydrogens (tertiary/aromatic N) is 1. The number of nitrogens with one attached hydrogen (secondary N) is 1. The van der Waals surface area contributed by atoms with Gasteiger partial charge in [-0.15, -0.1) is 0 Å². The molecule has 0 unspecified atom stereocenters. The van der Waals surface area contributed by atoms with Crippen LogP contribution in [-0.2, 0) is 16.0 Å². The number of piperidine rings is 1. The van der Waals surface area contributed by atoms with Crippen LogP contribution in [0.5, 0.6) is 0 Å². The van der Waals surface area contributed by atoms with Gasteiger partial charge in [0.2, 0.25) is 0 Å².